The van der Waals surface area contributed by atoms with Crippen LogP contribution in [0.25, 0.3) is 10.9 Å². The van der Waals surface area contributed by atoms with Gasteiger partial charge in [0.25, 0.3) is 0 Å². The maximum absolute atomic E-state index is 12.6. The first-order valence-electron chi connectivity index (χ1n) is 9.34. The third-order valence-electron chi connectivity index (χ3n) is 5.30. The molecule has 30 heavy (non-hydrogen) atoms. The van der Waals surface area contributed by atoms with Crippen LogP contribution in [0, 0.1) is 0 Å². The molecule has 0 fully saturated rings. The van der Waals surface area contributed by atoms with Crippen LogP contribution in [0.5, 0.6) is 0 Å². The number of fused-ring (bicyclic) bond motifs is 2. The van der Waals surface area contributed by atoms with Crippen molar-refractivity contribution in [3.8, 4) is 0 Å². The normalized spacial score (nSPS) is 16.0. The Balaban J connectivity index is 1.49. The predicted octanol–water partition coefficient (Wildman–Crippen LogP) is 5.04. The number of hydrogen-bond donors (Lipinski definition) is 2. The van der Waals surface area contributed by atoms with E-state index in [1.807, 2.05) is 18.2 Å². The van der Waals surface area contributed by atoms with Crippen LogP contribution in [0.4, 0.5) is 30.7 Å². The number of alkyl halides is 3. The molecule has 2 aromatic carbocycles. The Morgan fingerprint density at radius 3 is 2.67 bits per heavy atom. The molecule has 0 saturated heterocycles. The molecule has 6 nitrogen and oxygen atoms in total. The van der Waals surface area contributed by atoms with Gasteiger partial charge in [-0.25, -0.2) is 4.98 Å². The summed E-state index contributed by atoms with van der Waals surface area (Å²) in [6, 6.07) is 15.1. The summed E-state index contributed by atoms with van der Waals surface area (Å²) in [7, 11) is 0. The minimum absolute atomic E-state index is 0.167. The molecule has 1 aliphatic carbocycles. The first kappa shape index (κ1) is 18.4. The Kier molecular flexibility index (Phi) is 4.12. The van der Waals surface area contributed by atoms with E-state index in [0.717, 1.165) is 23.8 Å². The number of halogens is 3. The first-order valence-corrected chi connectivity index (χ1v) is 9.34. The molecule has 0 unspecified atom stereocenters. The van der Waals surface area contributed by atoms with Crippen molar-refractivity contribution in [2.24, 2.45) is 0 Å². The van der Waals surface area contributed by atoms with Crippen LogP contribution in [0.2, 0.25) is 0 Å². The summed E-state index contributed by atoms with van der Waals surface area (Å²) < 4.78 is 42.6. The summed E-state index contributed by atoms with van der Waals surface area (Å²) in [5.41, 5.74) is 11.0. The molecule has 1 aliphatic rings. The highest BCUT2D eigenvalue weighted by Gasteiger charge is 2.38. The molecule has 0 spiro atoms. The molecule has 0 aliphatic heterocycles. The largest absolute Gasteiger partial charge is 0.470 e. The summed E-state index contributed by atoms with van der Waals surface area (Å²) in [4.78, 5) is 4.53. The highest BCUT2D eigenvalue weighted by atomic mass is 19.4. The molecular weight excluding hydrogens is 395 g/mol. The SMILES string of the molecule is Nc1nc2ccc(Nc3nnc(C(F)(F)F)o3)cc2cc1[C@@H]1CCc2ccccc21. The van der Waals surface area contributed by atoms with Crippen LogP contribution < -0.4 is 11.1 Å². The second kappa shape index (κ2) is 6.72. The molecule has 2 aromatic heterocycles. The van der Waals surface area contributed by atoms with Crippen molar-refractivity contribution in [1.82, 2.24) is 15.2 Å². The molecule has 0 bridgehead atoms. The van der Waals surface area contributed by atoms with E-state index < -0.39 is 12.1 Å². The van der Waals surface area contributed by atoms with Gasteiger partial charge in [-0.3, -0.25) is 0 Å². The number of anilines is 3. The maximum Gasteiger partial charge on any atom is 0.470 e. The molecule has 3 N–H and O–H groups in total. The van der Waals surface area contributed by atoms with Gasteiger partial charge in [0.2, 0.25) is 0 Å². The van der Waals surface area contributed by atoms with Crippen LogP contribution in [0.3, 0.4) is 0 Å². The van der Waals surface area contributed by atoms with E-state index in [1.54, 1.807) is 18.2 Å². The second-order valence-corrected chi connectivity index (χ2v) is 7.20. The lowest BCUT2D eigenvalue weighted by Crippen LogP contribution is -2.04. The lowest BCUT2D eigenvalue weighted by molar-refractivity contribution is -0.156. The van der Waals surface area contributed by atoms with E-state index in [1.165, 1.54) is 11.1 Å². The van der Waals surface area contributed by atoms with Crippen molar-refractivity contribution >= 4 is 28.4 Å². The van der Waals surface area contributed by atoms with Gasteiger partial charge in [0.15, 0.2) is 0 Å². The number of pyridine rings is 1. The van der Waals surface area contributed by atoms with E-state index in [2.05, 4.69) is 37.0 Å². The molecule has 4 aromatic rings. The number of aryl methyl sites for hydroxylation is 1. The minimum Gasteiger partial charge on any atom is -0.399 e. The summed E-state index contributed by atoms with van der Waals surface area (Å²) in [6.07, 6.45) is -2.75. The lowest BCUT2D eigenvalue weighted by Gasteiger charge is -2.15. The monoisotopic (exact) mass is 411 g/mol. The molecular formula is C21H16F3N5O. The number of rotatable bonds is 3. The highest BCUT2D eigenvalue weighted by molar-refractivity contribution is 5.85. The molecule has 9 heteroatoms. The number of aromatic nitrogens is 3. The van der Waals surface area contributed by atoms with E-state index in [-0.39, 0.29) is 11.9 Å². The first-order chi connectivity index (χ1) is 14.4. The lowest BCUT2D eigenvalue weighted by atomic mass is 9.92. The fraction of sp³-hybridized carbons (Fsp3) is 0.190. The summed E-state index contributed by atoms with van der Waals surface area (Å²) in [5, 5.41) is 9.92. The fourth-order valence-electron chi connectivity index (χ4n) is 3.96. The minimum atomic E-state index is -4.69. The summed E-state index contributed by atoms with van der Waals surface area (Å²) in [5.74, 6) is -0.751. The molecule has 0 amide bonds. The van der Waals surface area contributed by atoms with Crippen molar-refractivity contribution in [1.29, 1.82) is 0 Å². The van der Waals surface area contributed by atoms with Gasteiger partial charge in [0, 0.05) is 22.6 Å². The van der Waals surface area contributed by atoms with Gasteiger partial charge in [-0.05, 0) is 48.2 Å². The number of nitrogens with one attached hydrogen (secondary N) is 1. The van der Waals surface area contributed by atoms with Crippen molar-refractivity contribution in [3.05, 3.63) is 71.1 Å². The average molecular weight is 411 g/mol. The Hall–Kier alpha value is -3.62. The number of nitrogens with zero attached hydrogens (tertiary/aromatic N) is 3. The predicted molar refractivity (Wildman–Crippen MR) is 105 cm³/mol. The molecule has 152 valence electrons. The molecule has 2 heterocycles. The third-order valence-corrected chi connectivity index (χ3v) is 5.30. The number of hydrogen-bond acceptors (Lipinski definition) is 6. The van der Waals surface area contributed by atoms with E-state index in [0.29, 0.717) is 17.0 Å². The highest BCUT2D eigenvalue weighted by Crippen LogP contribution is 2.41. The Bertz CT molecular complexity index is 1250. The van der Waals surface area contributed by atoms with Gasteiger partial charge < -0.3 is 15.5 Å². The van der Waals surface area contributed by atoms with E-state index >= 15 is 0 Å². The Morgan fingerprint density at radius 1 is 1.03 bits per heavy atom. The molecule has 0 radical (unpaired) electrons. The third kappa shape index (κ3) is 3.22. The zero-order chi connectivity index (χ0) is 20.9. The Morgan fingerprint density at radius 2 is 1.87 bits per heavy atom. The van der Waals surface area contributed by atoms with E-state index in [9.17, 15) is 13.2 Å². The van der Waals surface area contributed by atoms with Crippen LogP contribution in [0.1, 0.15) is 34.9 Å². The Labute approximate surface area is 168 Å². The average Bonchev–Trinajstić information content (AvgIpc) is 3.35. The van der Waals surface area contributed by atoms with Crippen molar-refractivity contribution < 1.29 is 17.6 Å². The van der Waals surface area contributed by atoms with Crippen LogP contribution in [-0.2, 0) is 12.6 Å². The molecule has 1 atom stereocenters. The topological polar surface area (TPSA) is 89.9 Å². The standard InChI is InChI=1S/C21H16F3N5O/c22-21(23,24)19-28-29-20(30-19)26-13-6-8-17-12(9-13)10-16(18(25)27-17)15-7-5-11-3-1-2-4-14(11)15/h1-4,6,8-10,15H,5,7H2,(H2,25,27)(H,26,29)/t15-/m1/s1. The number of nitrogens with two attached hydrogens (primary N) is 1. The van der Waals surface area contributed by atoms with Crippen LogP contribution in [0.15, 0.2) is 52.9 Å². The van der Waals surface area contributed by atoms with Gasteiger partial charge in [-0.2, -0.15) is 13.2 Å². The maximum atomic E-state index is 12.6. The van der Waals surface area contributed by atoms with Gasteiger partial charge in [-0.1, -0.05) is 29.4 Å². The second-order valence-electron chi connectivity index (χ2n) is 7.20. The smallest absolute Gasteiger partial charge is 0.399 e. The van der Waals surface area contributed by atoms with Gasteiger partial charge in [0.1, 0.15) is 5.82 Å². The number of benzene rings is 2. The van der Waals surface area contributed by atoms with E-state index in [4.69, 9.17) is 5.73 Å². The van der Waals surface area contributed by atoms with Crippen molar-refractivity contribution in [2.45, 2.75) is 24.9 Å². The van der Waals surface area contributed by atoms with Crippen molar-refractivity contribution in [2.75, 3.05) is 11.1 Å². The van der Waals surface area contributed by atoms with Crippen LogP contribution in [-0.4, -0.2) is 15.2 Å². The summed E-state index contributed by atoms with van der Waals surface area (Å²) >= 11 is 0. The fourth-order valence-corrected chi connectivity index (χ4v) is 3.96. The molecule has 5 rings (SSSR count). The molecule has 0 saturated carbocycles. The zero-order valence-electron chi connectivity index (χ0n) is 15.6. The van der Waals surface area contributed by atoms with Gasteiger partial charge in [0.05, 0.1) is 5.52 Å². The zero-order valence-corrected chi connectivity index (χ0v) is 15.6. The van der Waals surface area contributed by atoms with Gasteiger partial charge >= 0.3 is 18.1 Å². The number of nitrogen functional groups attached to an aromatic ring is 1. The quantitative estimate of drug-likeness (QED) is 0.491. The van der Waals surface area contributed by atoms with Crippen molar-refractivity contribution in [3.63, 3.8) is 0 Å². The summed E-state index contributed by atoms with van der Waals surface area (Å²) in [6.45, 7) is 0. The van der Waals surface area contributed by atoms with Crippen LogP contribution >= 0.6 is 0 Å². The van der Waals surface area contributed by atoms with Gasteiger partial charge in [-0.15, -0.1) is 5.10 Å².